The molecule has 4 nitrogen and oxygen atoms in total. The van der Waals surface area contributed by atoms with Crippen LogP contribution in [0.5, 0.6) is 0 Å². The molecule has 0 aromatic heterocycles. The Labute approximate surface area is 165 Å². The van der Waals surface area contributed by atoms with Crippen LogP contribution in [0.25, 0.3) is 0 Å². The van der Waals surface area contributed by atoms with Crippen LogP contribution in [0.1, 0.15) is 28.8 Å². The summed E-state index contributed by atoms with van der Waals surface area (Å²) in [6, 6.07) is 11.1. The summed E-state index contributed by atoms with van der Waals surface area (Å²) in [7, 11) is 0. The quantitative estimate of drug-likeness (QED) is 0.786. The summed E-state index contributed by atoms with van der Waals surface area (Å²) in [6.07, 6.45) is -3.34. The summed E-state index contributed by atoms with van der Waals surface area (Å²) in [6.45, 7) is 0.538. The topological polar surface area (TPSA) is 49.4 Å². The van der Waals surface area contributed by atoms with Crippen LogP contribution in [0.2, 0.25) is 5.02 Å². The molecule has 8 heteroatoms. The molecule has 0 aliphatic carbocycles. The van der Waals surface area contributed by atoms with Crippen LogP contribution in [0.15, 0.2) is 48.5 Å². The molecule has 2 aromatic rings. The first-order valence-corrected chi connectivity index (χ1v) is 9.15. The van der Waals surface area contributed by atoms with Gasteiger partial charge < -0.3 is 10.2 Å². The lowest BCUT2D eigenvalue weighted by molar-refractivity contribution is -0.137. The maximum absolute atomic E-state index is 12.9. The highest BCUT2D eigenvalue weighted by atomic mass is 35.5. The van der Waals surface area contributed by atoms with Crippen molar-refractivity contribution in [2.24, 2.45) is 5.92 Å². The third kappa shape index (κ3) is 4.65. The van der Waals surface area contributed by atoms with Gasteiger partial charge in [-0.05, 0) is 43.2 Å². The van der Waals surface area contributed by atoms with Gasteiger partial charge in [0.1, 0.15) is 0 Å². The molecule has 28 heavy (non-hydrogen) atoms. The number of amides is 2. The van der Waals surface area contributed by atoms with Crippen molar-refractivity contribution in [2.45, 2.75) is 19.0 Å². The lowest BCUT2D eigenvalue weighted by Crippen LogP contribution is -2.43. The number of piperidine rings is 1. The van der Waals surface area contributed by atoms with Gasteiger partial charge in [0.2, 0.25) is 5.91 Å². The third-order valence-corrected chi connectivity index (χ3v) is 4.98. The first-order chi connectivity index (χ1) is 13.3. The average molecular weight is 411 g/mol. The second-order valence-electron chi connectivity index (χ2n) is 6.64. The van der Waals surface area contributed by atoms with Crippen molar-refractivity contribution in [3.63, 3.8) is 0 Å². The van der Waals surface area contributed by atoms with Crippen molar-refractivity contribution in [1.29, 1.82) is 0 Å². The molecule has 0 spiro atoms. The van der Waals surface area contributed by atoms with E-state index in [9.17, 15) is 22.8 Å². The maximum atomic E-state index is 12.9. The molecule has 148 valence electrons. The van der Waals surface area contributed by atoms with Crippen molar-refractivity contribution in [3.8, 4) is 0 Å². The van der Waals surface area contributed by atoms with Gasteiger partial charge in [-0.3, -0.25) is 9.59 Å². The Hall–Kier alpha value is -2.54. The highest BCUT2D eigenvalue weighted by molar-refractivity contribution is 6.33. The smallest absolute Gasteiger partial charge is 0.338 e. The van der Waals surface area contributed by atoms with Gasteiger partial charge in [-0.1, -0.05) is 29.8 Å². The Morgan fingerprint density at radius 1 is 1.11 bits per heavy atom. The van der Waals surface area contributed by atoms with Gasteiger partial charge in [0, 0.05) is 18.7 Å². The number of hydrogen-bond donors (Lipinski definition) is 1. The number of benzene rings is 2. The van der Waals surface area contributed by atoms with Gasteiger partial charge in [-0.2, -0.15) is 13.2 Å². The normalized spacial score (nSPS) is 17.3. The van der Waals surface area contributed by atoms with Crippen LogP contribution in [-0.4, -0.2) is 29.8 Å². The zero-order valence-electron chi connectivity index (χ0n) is 14.8. The van der Waals surface area contributed by atoms with E-state index in [1.54, 1.807) is 24.3 Å². The summed E-state index contributed by atoms with van der Waals surface area (Å²) in [5.41, 5.74) is -0.430. The minimum Gasteiger partial charge on any atom is -0.338 e. The van der Waals surface area contributed by atoms with Gasteiger partial charge >= 0.3 is 6.18 Å². The first-order valence-electron chi connectivity index (χ1n) is 8.77. The molecular formula is C20H18ClF3N2O2. The molecule has 2 aromatic carbocycles. The second kappa shape index (κ2) is 8.22. The molecule has 1 N–H and O–H groups in total. The fraction of sp³-hybridized carbons (Fsp3) is 0.300. The summed E-state index contributed by atoms with van der Waals surface area (Å²) in [5.74, 6) is -1.24. The van der Waals surface area contributed by atoms with Gasteiger partial charge in [-0.25, -0.2) is 0 Å². The van der Waals surface area contributed by atoms with E-state index < -0.39 is 23.6 Å². The Morgan fingerprint density at radius 2 is 1.86 bits per heavy atom. The molecule has 3 rings (SSSR count). The minimum atomic E-state index is -4.52. The zero-order chi connectivity index (χ0) is 20.3. The molecule has 1 aliphatic rings. The Morgan fingerprint density at radius 3 is 2.57 bits per heavy atom. The molecule has 0 unspecified atom stereocenters. The number of para-hydroxylation sites is 1. The first kappa shape index (κ1) is 20.2. The standard InChI is InChI=1S/C20H18ClF3N2O2/c21-16-8-1-2-9-17(16)25-18(27)14-6-4-10-26(12-14)19(28)13-5-3-7-15(11-13)20(22,23)24/h1-3,5,7-9,11,14H,4,6,10,12H2,(H,25,27)/t14-/m1/s1. The third-order valence-electron chi connectivity index (χ3n) is 4.65. The number of nitrogens with zero attached hydrogens (tertiary/aromatic N) is 1. The van der Waals surface area contributed by atoms with E-state index in [1.807, 2.05) is 0 Å². The number of anilines is 1. The predicted octanol–water partition coefficient (Wildman–Crippen LogP) is 4.85. The van der Waals surface area contributed by atoms with Gasteiger partial charge in [-0.15, -0.1) is 0 Å². The molecule has 0 bridgehead atoms. The lowest BCUT2D eigenvalue weighted by atomic mass is 9.96. The number of hydrogen-bond acceptors (Lipinski definition) is 2. The van der Waals surface area contributed by atoms with Crippen LogP contribution < -0.4 is 5.32 Å². The second-order valence-corrected chi connectivity index (χ2v) is 7.05. The van der Waals surface area contributed by atoms with Crippen LogP contribution in [0.4, 0.5) is 18.9 Å². The van der Waals surface area contributed by atoms with E-state index in [4.69, 9.17) is 11.6 Å². The van der Waals surface area contributed by atoms with Crippen LogP contribution >= 0.6 is 11.6 Å². The minimum absolute atomic E-state index is 0.0398. The van der Waals surface area contributed by atoms with Crippen LogP contribution in [-0.2, 0) is 11.0 Å². The van der Waals surface area contributed by atoms with Crippen molar-refractivity contribution >= 4 is 29.1 Å². The largest absolute Gasteiger partial charge is 0.416 e. The number of halogens is 4. The van der Waals surface area contributed by atoms with E-state index in [-0.39, 0.29) is 18.0 Å². The Kier molecular flexibility index (Phi) is 5.93. The van der Waals surface area contributed by atoms with Gasteiger partial charge in [0.05, 0.1) is 22.2 Å². The molecule has 1 fully saturated rings. The molecule has 1 aliphatic heterocycles. The maximum Gasteiger partial charge on any atom is 0.416 e. The summed E-state index contributed by atoms with van der Waals surface area (Å²) < 4.78 is 38.7. The Balaban J connectivity index is 1.70. The number of rotatable bonds is 3. The van der Waals surface area contributed by atoms with Crippen molar-refractivity contribution in [1.82, 2.24) is 4.90 Å². The fourth-order valence-electron chi connectivity index (χ4n) is 3.18. The highest BCUT2D eigenvalue weighted by Crippen LogP contribution is 2.30. The van der Waals surface area contributed by atoms with E-state index >= 15 is 0 Å². The summed E-state index contributed by atoms with van der Waals surface area (Å²) in [5, 5.41) is 3.16. The van der Waals surface area contributed by atoms with Crippen molar-refractivity contribution in [3.05, 3.63) is 64.7 Å². The monoisotopic (exact) mass is 410 g/mol. The average Bonchev–Trinajstić information content (AvgIpc) is 2.68. The lowest BCUT2D eigenvalue weighted by Gasteiger charge is -2.32. The molecule has 1 heterocycles. The summed E-state index contributed by atoms with van der Waals surface area (Å²) >= 11 is 6.05. The number of carbonyl (C=O) groups excluding carboxylic acids is 2. The van der Waals surface area contributed by atoms with E-state index in [2.05, 4.69) is 5.32 Å². The fourth-order valence-corrected chi connectivity index (χ4v) is 3.37. The van der Waals surface area contributed by atoms with E-state index in [0.717, 1.165) is 12.1 Å². The van der Waals surface area contributed by atoms with Crippen LogP contribution in [0, 0.1) is 5.92 Å². The molecular weight excluding hydrogens is 393 g/mol. The van der Waals surface area contributed by atoms with Crippen molar-refractivity contribution in [2.75, 3.05) is 18.4 Å². The van der Waals surface area contributed by atoms with Crippen molar-refractivity contribution < 1.29 is 22.8 Å². The number of alkyl halides is 3. The highest BCUT2D eigenvalue weighted by Gasteiger charge is 2.33. The van der Waals surface area contributed by atoms with Gasteiger partial charge in [0.25, 0.3) is 5.91 Å². The van der Waals surface area contributed by atoms with E-state index in [0.29, 0.717) is 30.1 Å². The molecule has 1 atom stereocenters. The number of nitrogens with one attached hydrogen (secondary N) is 1. The number of carbonyl (C=O) groups is 2. The molecule has 0 saturated carbocycles. The molecule has 0 radical (unpaired) electrons. The Bertz CT molecular complexity index is 886. The predicted molar refractivity (Wildman–Crippen MR) is 100 cm³/mol. The SMILES string of the molecule is O=C(Nc1ccccc1Cl)[C@@H]1CCCN(C(=O)c2cccc(C(F)(F)F)c2)C1. The zero-order valence-corrected chi connectivity index (χ0v) is 15.6. The summed E-state index contributed by atoms with van der Waals surface area (Å²) in [4.78, 5) is 26.6. The molecule has 2 amide bonds. The number of likely N-dealkylation sites (tertiary alicyclic amines) is 1. The van der Waals surface area contributed by atoms with Gasteiger partial charge in [0.15, 0.2) is 0 Å². The van der Waals surface area contributed by atoms with Crippen LogP contribution in [0.3, 0.4) is 0 Å². The molecule has 1 saturated heterocycles. The van der Waals surface area contributed by atoms with E-state index in [1.165, 1.54) is 17.0 Å².